The molecule has 3 aromatic carbocycles. The Labute approximate surface area is 192 Å². The molecule has 33 heavy (non-hydrogen) atoms. The maximum atomic E-state index is 12.6. The fourth-order valence-corrected chi connectivity index (χ4v) is 2.76. The molecule has 0 atom stereocenters. The zero-order valence-corrected chi connectivity index (χ0v) is 17.7. The molecular formula is C23H17ClF3N3O3. The molecule has 0 saturated heterocycles. The Kier molecular flexibility index (Phi) is 7.68. The lowest BCUT2D eigenvalue weighted by Gasteiger charge is -2.08. The number of hydrazone groups is 1. The lowest BCUT2D eigenvalue weighted by molar-refractivity contribution is -0.137. The Morgan fingerprint density at radius 3 is 2.24 bits per heavy atom. The van der Waals surface area contributed by atoms with Crippen molar-refractivity contribution in [3.8, 4) is 5.75 Å². The average molecular weight is 476 g/mol. The number of anilines is 1. The first-order valence-electron chi connectivity index (χ1n) is 9.50. The van der Waals surface area contributed by atoms with Gasteiger partial charge in [-0.15, -0.1) is 0 Å². The maximum absolute atomic E-state index is 12.6. The van der Waals surface area contributed by atoms with E-state index in [1.807, 2.05) is 23.6 Å². The molecule has 0 fully saturated rings. The first kappa shape index (κ1) is 23.8. The van der Waals surface area contributed by atoms with Crippen LogP contribution in [0.4, 0.5) is 18.9 Å². The highest BCUT2D eigenvalue weighted by molar-refractivity contribution is 6.39. The summed E-state index contributed by atoms with van der Waals surface area (Å²) in [5, 5.41) is 6.49. The van der Waals surface area contributed by atoms with Gasteiger partial charge in [0.2, 0.25) is 0 Å². The zero-order valence-electron chi connectivity index (χ0n) is 16.9. The van der Waals surface area contributed by atoms with Crippen LogP contribution in [0.3, 0.4) is 0 Å². The van der Waals surface area contributed by atoms with Crippen molar-refractivity contribution < 1.29 is 27.5 Å². The number of hydrogen-bond donors (Lipinski definition) is 2. The van der Waals surface area contributed by atoms with E-state index in [4.69, 9.17) is 16.3 Å². The third-order valence-corrected chi connectivity index (χ3v) is 4.66. The predicted octanol–water partition coefficient (Wildman–Crippen LogP) is 5.03. The van der Waals surface area contributed by atoms with E-state index in [2.05, 4.69) is 10.4 Å². The Morgan fingerprint density at radius 1 is 0.939 bits per heavy atom. The van der Waals surface area contributed by atoms with Crippen LogP contribution in [0.15, 0.2) is 77.9 Å². The molecule has 2 N–H and O–H groups in total. The van der Waals surface area contributed by atoms with Gasteiger partial charge < -0.3 is 10.1 Å². The van der Waals surface area contributed by atoms with E-state index >= 15 is 0 Å². The second kappa shape index (κ2) is 10.6. The van der Waals surface area contributed by atoms with E-state index in [0.29, 0.717) is 22.9 Å². The highest BCUT2D eigenvalue weighted by atomic mass is 35.5. The van der Waals surface area contributed by atoms with Gasteiger partial charge >= 0.3 is 18.0 Å². The van der Waals surface area contributed by atoms with E-state index in [9.17, 15) is 22.8 Å². The van der Waals surface area contributed by atoms with Crippen LogP contribution in [0.1, 0.15) is 16.7 Å². The molecular weight excluding hydrogens is 459 g/mol. The number of rotatable bonds is 6. The summed E-state index contributed by atoms with van der Waals surface area (Å²) in [6, 6.07) is 17.8. The molecule has 0 radical (unpaired) electrons. The summed E-state index contributed by atoms with van der Waals surface area (Å²) in [7, 11) is 0. The SMILES string of the molecule is O=C(N/N=C/c1ccc(OCc2ccccc2Cl)cc1)C(=O)Nc1ccc(C(F)(F)F)cc1. The monoisotopic (exact) mass is 475 g/mol. The number of nitrogens with one attached hydrogen (secondary N) is 2. The fourth-order valence-electron chi connectivity index (χ4n) is 2.57. The largest absolute Gasteiger partial charge is 0.489 e. The standard InChI is InChI=1S/C23H17ClF3N3O3/c24-20-4-2-1-3-16(20)14-33-19-11-5-15(6-12-19)13-28-30-22(32)21(31)29-18-9-7-17(8-10-18)23(25,26)27/h1-13H,14H2,(H,29,31)(H,30,32)/b28-13+. The van der Waals surface area contributed by atoms with E-state index in [0.717, 1.165) is 29.8 Å². The van der Waals surface area contributed by atoms with E-state index in [1.165, 1.54) is 6.21 Å². The lowest BCUT2D eigenvalue weighted by Crippen LogP contribution is -2.32. The molecule has 0 heterocycles. The summed E-state index contributed by atoms with van der Waals surface area (Å²) in [5.41, 5.74) is 2.70. The van der Waals surface area contributed by atoms with Gasteiger partial charge in [-0.2, -0.15) is 18.3 Å². The molecule has 0 unspecified atom stereocenters. The summed E-state index contributed by atoms with van der Waals surface area (Å²) in [4.78, 5) is 23.7. The van der Waals surface area contributed by atoms with Crippen LogP contribution in [-0.2, 0) is 22.4 Å². The Hall–Kier alpha value is -3.85. The number of benzene rings is 3. The molecule has 10 heteroatoms. The second-order valence-electron chi connectivity index (χ2n) is 6.68. The first-order valence-corrected chi connectivity index (χ1v) is 9.88. The van der Waals surface area contributed by atoms with Crippen molar-refractivity contribution in [3.63, 3.8) is 0 Å². The molecule has 0 aliphatic carbocycles. The highest BCUT2D eigenvalue weighted by Gasteiger charge is 2.30. The summed E-state index contributed by atoms with van der Waals surface area (Å²) in [6.07, 6.45) is -3.17. The number of nitrogens with zero attached hydrogens (tertiary/aromatic N) is 1. The van der Waals surface area contributed by atoms with Crippen molar-refractivity contribution in [3.05, 3.63) is 94.5 Å². The normalized spacial score (nSPS) is 11.3. The van der Waals surface area contributed by atoms with Crippen molar-refractivity contribution >= 4 is 35.3 Å². The zero-order chi connectivity index (χ0) is 23.8. The number of alkyl halides is 3. The molecule has 2 amide bonds. The van der Waals surface area contributed by atoms with Crippen molar-refractivity contribution in [2.45, 2.75) is 12.8 Å². The molecule has 0 aliphatic rings. The van der Waals surface area contributed by atoms with Crippen LogP contribution in [-0.4, -0.2) is 18.0 Å². The van der Waals surface area contributed by atoms with Gasteiger partial charge in [0, 0.05) is 16.3 Å². The highest BCUT2D eigenvalue weighted by Crippen LogP contribution is 2.29. The molecule has 3 aromatic rings. The first-order chi connectivity index (χ1) is 15.7. The number of carbonyl (C=O) groups is 2. The van der Waals surface area contributed by atoms with Crippen molar-refractivity contribution in [1.29, 1.82) is 0 Å². The summed E-state index contributed by atoms with van der Waals surface area (Å²) in [6.45, 7) is 0.303. The Morgan fingerprint density at radius 2 is 1.61 bits per heavy atom. The van der Waals surface area contributed by atoms with Crippen LogP contribution >= 0.6 is 11.6 Å². The smallest absolute Gasteiger partial charge is 0.416 e. The number of halogens is 4. The molecule has 0 spiro atoms. The molecule has 6 nitrogen and oxygen atoms in total. The number of hydrogen-bond acceptors (Lipinski definition) is 4. The Balaban J connectivity index is 1.47. The molecule has 0 bridgehead atoms. The van der Waals surface area contributed by atoms with Crippen molar-refractivity contribution in [2.24, 2.45) is 5.10 Å². The third kappa shape index (κ3) is 7.08. The molecule has 0 aromatic heterocycles. The van der Waals surface area contributed by atoms with Crippen molar-refractivity contribution in [1.82, 2.24) is 5.43 Å². The van der Waals surface area contributed by atoms with E-state index < -0.39 is 23.6 Å². The topological polar surface area (TPSA) is 79.8 Å². The lowest BCUT2D eigenvalue weighted by atomic mass is 10.2. The summed E-state index contributed by atoms with van der Waals surface area (Å²) in [5.74, 6) is -1.55. The number of amides is 2. The van der Waals surface area contributed by atoms with E-state index in [1.54, 1.807) is 30.3 Å². The minimum Gasteiger partial charge on any atom is -0.489 e. The predicted molar refractivity (Wildman–Crippen MR) is 118 cm³/mol. The fraction of sp³-hybridized carbons (Fsp3) is 0.0870. The maximum Gasteiger partial charge on any atom is 0.416 e. The van der Waals surface area contributed by atoms with Crippen LogP contribution in [0.2, 0.25) is 5.02 Å². The van der Waals surface area contributed by atoms with E-state index in [-0.39, 0.29) is 5.69 Å². The van der Waals surface area contributed by atoms with Gasteiger partial charge in [0.05, 0.1) is 11.8 Å². The molecule has 0 aliphatic heterocycles. The van der Waals surface area contributed by atoms with Crippen LogP contribution in [0.5, 0.6) is 5.75 Å². The van der Waals surface area contributed by atoms with Crippen LogP contribution in [0.25, 0.3) is 0 Å². The third-order valence-electron chi connectivity index (χ3n) is 4.29. The van der Waals surface area contributed by atoms with Crippen molar-refractivity contribution in [2.75, 3.05) is 5.32 Å². The average Bonchev–Trinajstić information content (AvgIpc) is 2.79. The second-order valence-corrected chi connectivity index (χ2v) is 7.08. The molecule has 170 valence electrons. The number of ether oxygens (including phenoxy) is 1. The number of carbonyl (C=O) groups excluding carboxylic acids is 2. The van der Waals surface area contributed by atoms with Gasteiger partial charge in [-0.05, 0) is 60.2 Å². The van der Waals surface area contributed by atoms with Crippen LogP contribution < -0.4 is 15.5 Å². The summed E-state index contributed by atoms with van der Waals surface area (Å²) >= 11 is 6.09. The Bertz CT molecular complexity index is 1150. The van der Waals surface area contributed by atoms with Gasteiger partial charge in [-0.3, -0.25) is 9.59 Å². The quantitative estimate of drug-likeness (QED) is 0.298. The van der Waals surface area contributed by atoms with Gasteiger partial charge in [0.15, 0.2) is 0 Å². The minimum atomic E-state index is -4.49. The van der Waals surface area contributed by atoms with Gasteiger partial charge in [-0.25, -0.2) is 5.43 Å². The molecule has 3 rings (SSSR count). The summed E-state index contributed by atoms with van der Waals surface area (Å²) < 4.78 is 43.3. The molecule has 0 saturated carbocycles. The van der Waals surface area contributed by atoms with Gasteiger partial charge in [0.25, 0.3) is 0 Å². The van der Waals surface area contributed by atoms with Crippen LogP contribution in [0, 0.1) is 0 Å². The minimum absolute atomic E-state index is 0.0412. The van der Waals surface area contributed by atoms with Gasteiger partial charge in [0.1, 0.15) is 12.4 Å². The van der Waals surface area contributed by atoms with Gasteiger partial charge in [-0.1, -0.05) is 29.8 Å².